The topological polar surface area (TPSA) is 0 Å². The molecule has 0 nitrogen and oxygen atoms in total. The van der Waals surface area contributed by atoms with E-state index in [1.807, 2.05) is 0 Å². The molecule has 0 aromatic carbocycles. The molecule has 19 heavy (non-hydrogen) atoms. The van der Waals surface area contributed by atoms with Gasteiger partial charge in [0.1, 0.15) is 0 Å². The summed E-state index contributed by atoms with van der Waals surface area (Å²) in [6, 6.07) is 0. The van der Waals surface area contributed by atoms with Crippen LogP contribution in [0.2, 0.25) is 0 Å². The Bertz CT molecular complexity index is 411. The molecule has 0 bridgehead atoms. The highest BCUT2D eigenvalue weighted by Crippen LogP contribution is 2.59. The first kappa shape index (κ1) is 11.8. The molecule has 2 fully saturated rings. The molecule has 0 aliphatic heterocycles. The van der Waals surface area contributed by atoms with Crippen molar-refractivity contribution in [2.24, 2.45) is 0 Å². The molecule has 0 heteroatoms. The van der Waals surface area contributed by atoms with Gasteiger partial charge in [-0.15, -0.1) is 0 Å². The van der Waals surface area contributed by atoms with Crippen molar-refractivity contribution in [1.29, 1.82) is 0 Å². The van der Waals surface area contributed by atoms with Gasteiger partial charge in [0.2, 0.25) is 0 Å². The van der Waals surface area contributed by atoms with E-state index in [4.69, 9.17) is 0 Å². The molecule has 0 unspecified atom stereocenters. The molecule has 4 aliphatic rings. The summed E-state index contributed by atoms with van der Waals surface area (Å²) >= 11 is 0. The molecule has 2 saturated carbocycles. The fourth-order valence-electron chi connectivity index (χ4n) is 3.03. The Hall–Kier alpha value is -1.04. The minimum atomic E-state index is 1.01. The van der Waals surface area contributed by atoms with Crippen LogP contribution in [0.5, 0.6) is 0 Å². The van der Waals surface area contributed by atoms with Crippen molar-refractivity contribution in [3.63, 3.8) is 0 Å². The van der Waals surface area contributed by atoms with Gasteiger partial charge >= 0.3 is 0 Å². The summed E-state index contributed by atoms with van der Waals surface area (Å²) in [5.74, 6) is 8.38. The minimum absolute atomic E-state index is 1.01. The Morgan fingerprint density at radius 3 is 1.58 bits per heavy atom. The zero-order chi connectivity index (χ0) is 12.7. The molecular weight excluding hydrogens is 228 g/mol. The normalized spacial score (nSPS) is 29.5. The largest absolute Gasteiger partial charge is 0.0758 e. The second-order valence-corrected chi connectivity index (χ2v) is 5.04. The van der Waals surface area contributed by atoms with Crippen LogP contribution in [-0.2, 0) is 0 Å². The van der Waals surface area contributed by atoms with Crippen LogP contribution >= 0.6 is 0 Å². The van der Waals surface area contributed by atoms with Crippen LogP contribution in [0.15, 0.2) is 48.6 Å². The van der Waals surface area contributed by atoms with E-state index in [9.17, 15) is 0 Å². The fourth-order valence-corrected chi connectivity index (χ4v) is 3.03. The van der Waals surface area contributed by atoms with E-state index in [2.05, 4.69) is 74.3 Å². The summed E-state index contributed by atoms with van der Waals surface area (Å²) in [5.41, 5.74) is 0. The highest BCUT2D eigenvalue weighted by Gasteiger charge is 2.49. The summed E-state index contributed by atoms with van der Waals surface area (Å²) in [5, 5.41) is 0. The molecule has 90 valence electrons. The maximum Gasteiger partial charge on any atom is 0.0209 e. The monoisotopic (exact) mass is 242 g/mol. The van der Waals surface area contributed by atoms with Gasteiger partial charge in [-0.1, -0.05) is 48.6 Å². The van der Waals surface area contributed by atoms with Gasteiger partial charge in [0.25, 0.3) is 0 Å². The van der Waals surface area contributed by atoms with Crippen molar-refractivity contribution >= 4 is 0 Å². The summed E-state index contributed by atoms with van der Waals surface area (Å²) in [4.78, 5) is 0. The Balaban J connectivity index is 1.60. The molecule has 4 aliphatic carbocycles. The summed E-state index contributed by atoms with van der Waals surface area (Å²) in [7, 11) is 0. The van der Waals surface area contributed by atoms with Crippen LogP contribution < -0.4 is 0 Å². The van der Waals surface area contributed by atoms with Gasteiger partial charge < -0.3 is 0 Å². The van der Waals surface area contributed by atoms with E-state index < -0.39 is 0 Å². The van der Waals surface area contributed by atoms with Crippen molar-refractivity contribution in [2.45, 2.75) is 6.42 Å². The third-order valence-corrected chi connectivity index (χ3v) is 3.91. The summed E-state index contributed by atoms with van der Waals surface area (Å²) in [6.45, 7) is 0. The van der Waals surface area contributed by atoms with Crippen molar-refractivity contribution in [2.75, 3.05) is 0 Å². The predicted octanol–water partition coefficient (Wildman–Crippen LogP) is 3.92. The second kappa shape index (κ2) is 4.81. The average Bonchev–Trinajstić information content (AvgIpc) is 3.08. The number of hydrogen-bond acceptors (Lipinski definition) is 0. The maximum atomic E-state index is 2.24. The van der Waals surface area contributed by atoms with Crippen LogP contribution in [0.25, 0.3) is 0 Å². The van der Waals surface area contributed by atoms with Gasteiger partial charge in [-0.05, 0) is 38.0 Å². The lowest BCUT2D eigenvalue weighted by molar-refractivity contribution is 0.883. The number of fused-ring (bicyclic) bond motifs is 3. The standard InChI is InChI=1S/C19H14/c1-2-8-14(7-1)13-19-17-11-5-3-9-15(17)16-10-4-6-12-18(16)19/h1-12H,13H2. The van der Waals surface area contributed by atoms with Gasteiger partial charge in [0.05, 0.1) is 0 Å². The zero-order valence-electron chi connectivity index (χ0n) is 10.6. The third kappa shape index (κ3) is 1.96. The van der Waals surface area contributed by atoms with Crippen molar-refractivity contribution in [3.05, 3.63) is 110 Å². The van der Waals surface area contributed by atoms with Gasteiger partial charge in [0.15, 0.2) is 0 Å². The first-order valence-corrected chi connectivity index (χ1v) is 6.69. The average molecular weight is 242 g/mol. The molecule has 0 N–H and O–H groups in total. The molecule has 0 heterocycles. The smallest absolute Gasteiger partial charge is 0.0209 e. The molecule has 0 aromatic heterocycles. The highest BCUT2D eigenvalue weighted by molar-refractivity contribution is 5.77. The fraction of sp³-hybridized carbons (Fsp3) is 0.0526. The molecule has 0 aromatic rings. The number of hydrogen-bond donors (Lipinski definition) is 0. The lowest BCUT2D eigenvalue weighted by atomic mass is 9.78. The highest BCUT2D eigenvalue weighted by atomic mass is 14.5. The van der Waals surface area contributed by atoms with Gasteiger partial charge in [-0.25, -0.2) is 0 Å². The van der Waals surface area contributed by atoms with E-state index in [-0.39, 0.29) is 0 Å². The summed E-state index contributed by atoms with van der Waals surface area (Å²) < 4.78 is 0. The van der Waals surface area contributed by atoms with Crippen LogP contribution in [0, 0.1) is 61.2 Å². The minimum Gasteiger partial charge on any atom is -0.0758 e. The van der Waals surface area contributed by atoms with Crippen LogP contribution in [-0.4, -0.2) is 0 Å². The van der Waals surface area contributed by atoms with Crippen LogP contribution in [0.3, 0.4) is 0 Å². The first-order valence-electron chi connectivity index (χ1n) is 6.69. The molecule has 0 spiro atoms. The van der Waals surface area contributed by atoms with Crippen molar-refractivity contribution in [3.8, 4) is 0 Å². The molecule has 4 rings (SSSR count). The Morgan fingerprint density at radius 2 is 1.05 bits per heavy atom. The quantitative estimate of drug-likeness (QED) is 0.688. The number of allylic oxidation sites excluding steroid dienone is 8. The predicted molar refractivity (Wildman–Crippen MR) is 77.8 cm³/mol. The molecule has 0 amide bonds. The lowest BCUT2D eigenvalue weighted by Crippen LogP contribution is -2.13. The number of rotatable bonds is 2. The van der Waals surface area contributed by atoms with Crippen LogP contribution in [0.4, 0.5) is 0 Å². The Labute approximate surface area is 117 Å². The second-order valence-electron chi connectivity index (χ2n) is 5.04. The maximum absolute atomic E-state index is 2.24. The van der Waals surface area contributed by atoms with E-state index in [0.29, 0.717) is 0 Å². The zero-order valence-corrected chi connectivity index (χ0v) is 10.6. The Kier molecular flexibility index (Phi) is 2.98. The van der Waals surface area contributed by atoms with Crippen LogP contribution in [0.1, 0.15) is 6.42 Å². The lowest BCUT2D eigenvalue weighted by Gasteiger charge is -2.24. The van der Waals surface area contributed by atoms with Gasteiger partial charge in [-0.3, -0.25) is 0 Å². The molecule has 10 radical (unpaired) electrons. The molecule has 0 atom stereocenters. The summed E-state index contributed by atoms with van der Waals surface area (Å²) in [6.07, 6.45) is 27.1. The van der Waals surface area contributed by atoms with Gasteiger partial charge in [0, 0.05) is 29.6 Å². The van der Waals surface area contributed by atoms with Crippen molar-refractivity contribution < 1.29 is 0 Å². The third-order valence-electron chi connectivity index (χ3n) is 3.91. The van der Waals surface area contributed by atoms with E-state index >= 15 is 0 Å². The van der Waals surface area contributed by atoms with Gasteiger partial charge in [-0.2, -0.15) is 0 Å². The van der Waals surface area contributed by atoms with E-state index in [1.54, 1.807) is 0 Å². The molecule has 0 saturated heterocycles. The van der Waals surface area contributed by atoms with Crippen molar-refractivity contribution in [1.82, 2.24) is 0 Å². The van der Waals surface area contributed by atoms with E-state index in [1.165, 1.54) is 35.5 Å². The molecular formula is C19H14. The Morgan fingerprint density at radius 1 is 0.579 bits per heavy atom. The SMILES string of the molecule is [CH]1[CH][CH][C](C[C]2[C]3C=CC=C[C]3[C]3C=CC=C[C]32)[CH]1. The van der Waals surface area contributed by atoms with E-state index in [0.717, 1.165) is 6.42 Å². The first-order chi connectivity index (χ1) is 9.43.